The zero-order valence-corrected chi connectivity index (χ0v) is 14.7. The molecule has 0 heterocycles. The molecule has 0 saturated heterocycles. The first-order valence-corrected chi connectivity index (χ1v) is 8.15. The number of hydrogen-bond acceptors (Lipinski definition) is 5. The number of carbonyl (C=O) groups excluding carboxylic acids is 3. The lowest BCUT2D eigenvalue weighted by molar-refractivity contribution is -0.169. The standard InChI is InChI=1S/C19H22O5/c1-10-8-14-16(15(10)9-23-12(3)20)11(2)19(6-7-19)18(5,17(14)22)24-13(4)21/h8H,6-7,9H2,1-5H3/t18-/m0/s1. The van der Waals surface area contributed by atoms with Gasteiger partial charge in [0.1, 0.15) is 6.61 Å². The second-order valence-electron chi connectivity index (χ2n) is 7.04. The van der Waals surface area contributed by atoms with Crippen molar-refractivity contribution in [3.8, 4) is 0 Å². The Bertz CT molecular complexity index is 761. The lowest BCUT2D eigenvalue weighted by Crippen LogP contribution is -2.52. The van der Waals surface area contributed by atoms with Crippen LogP contribution in [0, 0.1) is 5.41 Å². The first kappa shape index (κ1) is 16.7. The highest BCUT2D eigenvalue weighted by Crippen LogP contribution is 2.66. The molecule has 0 N–H and O–H groups in total. The summed E-state index contributed by atoms with van der Waals surface area (Å²) in [6.07, 6.45) is 3.44. The van der Waals surface area contributed by atoms with Crippen LogP contribution in [-0.4, -0.2) is 29.9 Å². The minimum Gasteiger partial charge on any atom is -0.461 e. The van der Waals surface area contributed by atoms with Crippen molar-refractivity contribution in [2.45, 2.75) is 53.1 Å². The highest BCUT2D eigenvalue weighted by molar-refractivity contribution is 6.11. The molecule has 0 bridgehead atoms. The fourth-order valence-electron chi connectivity index (χ4n) is 4.18. The third kappa shape index (κ3) is 2.10. The van der Waals surface area contributed by atoms with Gasteiger partial charge in [0.05, 0.1) is 0 Å². The number of ether oxygens (including phenoxy) is 2. The Morgan fingerprint density at radius 1 is 1.17 bits per heavy atom. The van der Waals surface area contributed by atoms with Gasteiger partial charge in [0.25, 0.3) is 0 Å². The predicted octanol–water partition coefficient (Wildman–Crippen LogP) is 2.81. The molecule has 0 unspecified atom stereocenters. The van der Waals surface area contributed by atoms with E-state index in [9.17, 15) is 14.4 Å². The number of rotatable bonds is 3. The molecule has 0 aromatic heterocycles. The zero-order valence-electron chi connectivity index (χ0n) is 14.7. The summed E-state index contributed by atoms with van der Waals surface area (Å²) in [4.78, 5) is 36.0. The lowest BCUT2D eigenvalue weighted by atomic mass is 9.67. The summed E-state index contributed by atoms with van der Waals surface area (Å²) in [5.74, 6) is -0.959. The summed E-state index contributed by atoms with van der Waals surface area (Å²) in [7, 11) is 0. The number of ketones is 1. The highest BCUT2D eigenvalue weighted by atomic mass is 16.6. The van der Waals surface area contributed by atoms with E-state index in [2.05, 4.69) is 0 Å². The monoisotopic (exact) mass is 330 g/mol. The van der Waals surface area contributed by atoms with Crippen molar-refractivity contribution in [1.82, 2.24) is 0 Å². The Balaban J connectivity index is 2.10. The fourth-order valence-corrected chi connectivity index (χ4v) is 4.18. The van der Waals surface area contributed by atoms with Crippen LogP contribution in [0.2, 0.25) is 0 Å². The summed E-state index contributed by atoms with van der Waals surface area (Å²) < 4.78 is 10.7. The van der Waals surface area contributed by atoms with Gasteiger partial charge < -0.3 is 9.47 Å². The van der Waals surface area contributed by atoms with Crippen LogP contribution in [0.25, 0.3) is 0 Å². The smallest absolute Gasteiger partial charge is 0.303 e. The number of carbonyl (C=O) groups is 3. The minimum atomic E-state index is -1.16. The molecule has 1 fully saturated rings. The van der Waals surface area contributed by atoms with E-state index in [1.807, 2.05) is 19.9 Å². The van der Waals surface area contributed by atoms with Gasteiger partial charge in [-0.2, -0.15) is 0 Å². The highest BCUT2D eigenvalue weighted by Gasteiger charge is 2.67. The van der Waals surface area contributed by atoms with E-state index in [1.54, 1.807) is 6.92 Å². The predicted molar refractivity (Wildman–Crippen MR) is 87.0 cm³/mol. The molecule has 3 rings (SSSR count). The third-order valence-electron chi connectivity index (χ3n) is 5.61. The molecule has 3 aliphatic rings. The van der Waals surface area contributed by atoms with Crippen molar-refractivity contribution in [2.24, 2.45) is 5.41 Å². The van der Waals surface area contributed by atoms with Crippen molar-refractivity contribution in [3.63, 3.8) is 0 Å². The molecule has 3 aliphatic carbocycles. The van der Waals surface area contributed by atoms with E-state index < -0.39 is 17.0 Å². The van der Waals surface area contributed by atoms with Crippen LogP contribution in [0.1, 0.15) is 47.5 Å². The number of Topliss-reactive ketones (excluding diaryl/α,β-unsaturated/α-hetero) is 1. The van der Waals surface area contributed by atoms with Gasteiger partial charge >= 0.3 is 11.9 Å². The zero-order chi connectivity index (χ0) is 17.9. The van der Waals surface area contributed by atoms with Crippen LogP contribution < -0.4 is 0 Å². The molecule has 0 aromatic carbocycles. The molecule has 24 heavy (non-hydrogen) atoms. The van der Waals surface area contributed by atoms with Crippen LogP contribution >= 0.6 is 0 Å². The van der Waals surface area contributed by atoms with Crippen LogP contribution in [0.15, 0.2) is 33.9 Å². The molecular formula is C19H22O5. The second-order valence-corrected chi connectivity index (χ2v) is 7.04. The Labute approximate surface area is 141 Å². The third-order valence-corrected chi connectivity index (χ3v) is 5.61. The maximum absolute atomic E-state index is 13.2. The van der Waals surface area contributed by atoms with E-state index in [0.717, 1.165) is 35.1 Å². The van der Waals surface area contributed by atoms with Gasteiger partial charge in [0.2, 0.25) is 5.78 Å². The summed E-state index contributed by atoms with van der Waals surface area (Å²) in [5.41, 5.74) is 2.69. The van der Waals surface area contributed by atoms with Crippen molar-refractivity contribution >= 4 is 17.7 Å². The molecule has 0 amide bonds. The molecule has 1 atom stereocenters. The molecule has 5 nitrogen and oxygen atoms in total. The summed E-state index contributed by atoms with van der Waals surface area (Å²) in [6.45, 7) is 8.48. The molecule has 1 saturated carbocycles. The first-order chi connectivity index (χ1) is 11.1. The van der Waals surface area contributed by atoms with Gasteiger partial charge in [0.15, 0.2) is 5.60 Å². The van der Waals surface area contributed by atoms with Crippen molar-refractivity contribution < 1.29 is 23.9 Å². The van der Waals surface area contributed by atoms with Crippen LogP contribution in [0.5, 0.6) is 0 Å². The van der Waals surface area contributed by atoms with Gasteiger partial charge in [-0.3, -0.25) is 14.4 Å². The number of hydrogen-bond donors (Lipinski definition) is 0. The Morgan fingerprint density at radius 2 is 1.79 bits per heavy atom. The van der Waals surface area contributed by atoms with E-state index >= 15 is 0 Å². The topological polar surface area (TPSA) is 69.7 Å². The van der Waals surface area contributed by atoms with Gasteiger partial charge in [-0.15, -0.1) is 0 Å². The number of allylic oxidation sites excluding steroid dienone is 2. The molecule has 0 aromatic rings. The average molecular weight is 330 g/mol. The average Bonchev–Trinajstić information content (AvgIpc) is 3.22. The molecular weight excluding hydrogens is 308 g/mol. The molecule has 1 spiro atoms. The van der Waals surface area contributed by atoms with Gasteiger partial charge in [-0.25, -0.2) is 0 Å². The Hall–Kier alpha value is -2.17. The molecule has 128 valence electrons. The number of fused-ring (bicyclic) bond motifs is 1. The van der Waals surface area contributed by atoms with E-state index in [1.165, 1.54) is 13.8 Å². The fraction of sp³-hybridized carbons (Fsp3) is 0.526. The largest absolute Gasteiger partial charge is 0.461 e. The van der Waals surface area contributed by atoms with Crippen molar-refractivity contribution in [2.75, 3.05) is 6.61 Å². The molecule has 0 aliphatic heterocycles. The minimum absolute atomic E-state index is 0.154. The Kier molecular flexibility index (Phi) is 3.59. The maximum Gasteiger partial charge on any atom is 0.303 e. The van der Waals surface area contributed by atoms with Gasteiger partial charge in [0, 0.05) is 30.4 Å². The maximum atomic E-state index is 13.2. The van der Waals surface area contributed by atoms with Crippen LogP contribution in [0.4, 0.5) is 0 Å². The summed E-state index contributed by atoms with van der Waals surface area (Å²) >= 11 is 0. The van der Waals surface area contributed by atoms with Crippen LogP contribution in [-0.2, 0) is 23.9 Å². The van der Waals surface area contributed by atoms with Crippen molar-refractivity contribution in [1.29, 1.82) is 0 Å². The molecule has 0 radical (unpaired) electrons. The lowest BCUT2D eigenvalue weighted by Gasteiger charge is -2.42. The van der Waals surface area contributed by atoms with Crippen molar-refractivity contribution in [3.05, 3.63) is 33.9 Å². The normalized spacial score (nSPS) is 27.2. The van der Waals surface area contributed by atoms with Gasteiger partial charge in [-0.1, -0.05) is 5.57 Å². The first-order valence-electron chi connectivity index (χ1n) is 8.15. The van der Waals surface area contributed by atoms with E-state index in [-0.39, 0.29) is 18.4 Å². The van der Waals surface area contributed by atoms with Crippen LogP contribution in [0.3, 0.4) is 0 Å². The van der Waals surface area contributed by atoms with E-state index in [4.69, 9.17) is 9.47 Å². The van der Waals surface area contributed by atoms with Gasteiger partial charge in [-0.05, 0) is 50.8 Å². The molecule has 5 heteroatoms. The summed E-state index contributed by atoms with van der Waals surface area (Å²) in [5, 5.41) is 0. The second kappa shape index (κ2) is 5.16. The SMILES string of the molecule is CC(=O)OCC1=C(C)C=C2C(=O)[C@](C)(OC(C)=O)C3(CC3)C(C)=C21. The Morgan fingerprint density at radius 3 is 2.29 bits per heavy atom. The van der Waals surface area contributed by atoms with E-state index in [0.29, 0.717) is 5.57 Å². The number of esters is 2. The quantitative estimate of drug-likeness (QED) is 0.744. The summed E-state index contributed by atoms with van der Waals surface area (Å²) in [6, 6.07) is 0.